The van der Waals surface area contributed by atoms with Gasteiger partial charge in [-0.25, -0.2) is 8.94 Å². The number of aromatic nitrogens is 2. The summed E-state index contributed by atoms with van der Waals surface area (Å²) in [5.41, 5.74) is 6.25. The summed E-state index contributed by atoms with van der Waals surface area (Å²) in [7, 11) is 0. The van der Waals surface area contributed by atoms with Crippen LogP contribution >= 0.6 is 11.5 Å². The van der Waals surface area contributed by atoms with Crippen molar-refractivity contribution in [3.8, 4) is 5.69 Å². The Morgan fingerprint density at radius 2 is 2.00 bits per heavy atom. The molecule has 3 aromatic rings. The maximum Gasteiger partial charge on any atom is 0.273 e. The second-order valence-corrected chi connectivity index (χ2v) is 4.62. The van der Waals surface area contributed by atoms with Crippen LogP contribution in [0.5, 0.6) is 0 Å². The molecule has 4 nitrogen and oxygen atoms in total. The quantitative estimate of drug-likeness (QED) is 0.711. The lowest BCUT2D eigenvalue weighted by atomic mass is 10.3. The van der Waals surface area contributed by atoms with E-state index in [1.165, 1.54) is 11.5 Å². The molecule has 0 radical (unpaired) electrons. The van der Waals surface area contributed by atoms with E-state index in [1.807, 2.05) is 24.3 Å². The van der Waals surface area contributed by atoms with Crippen molar-refractivity contribution >= 4 is 27.4 Å². The van der Waals surface area contributed by atoms with E-state index >= 15 is 0 Å². The maximum absolute atomic E-state index is 12.1. The predicted octanol–water partition coefficient (Wildman–Crippen LogP) is 2.03. The molecule has 0 fully saturated rings. The van der Waals surface area contributed by atoms with Crippen molar-refractivity contribution in [2.45, 2.75) is 0 Å². The molecule has 2 N–H and O–H groups in total. The van der Waals surface area contributed by atoms with Gasteiger partial charge in [-0.3, -0.25) is 4.79 Å². The second-order valence-electron chi connectivity index (χ2n) is 3.63. The van der Waals surface area contributed by atoms with Crippen LogP contribution in [-0.4, -0.2) is 8.94 Å². The first-order valence-corrected chi connectivity index (χ1v) is 5.86. The first kappa shape index (κ1) is 10.0. The Bertz CT molecular complexity index is 727. The third-order valence-corrected chi connectivity index (χ3v) is 3.61. The Labute approximate surface area is 101 Å². The number of benzene rings is 1. The Hall–Kier alpha value is -2.14. The SMILES string of the molecule is Nc1ccc(-n2sc3ccccc3c2=O)cn1. The van der Waals surface area contributed by atoms with E-state index in [1.54, 1.807) is 22.3 Å². The summed E-state index contributed by atoms with van der Waals surface area (Å²) in [5, 5.41) is 0.731. The summed E-state index contributed by atoms with van der Waals surface area (Å²) in [6.45, 7) is 0. The summed E-state index contributed by atoms with van der Waals surface area (Å²) in [5.74, 6) is 0.447. The van der Waals surface area contributed by atoms with Gasteiger partial charge < -0.3 is 5.73 Å². The van der Waals surface area contributed by atoms with Crippen LogP contribution in [0.4, 0.5) is 5.82 Å². The molecular formula is C12H9N3OS. The van der Waals surface area contributed by atoms with Crippen molar-refractivity contribution < 1.29 is 0 Å². The summed E-state index contributed by atoms with van der Waals surface area (Å²) < 4.78 is 2.59. The van der Waals surface area contributed by atoms with Crippen molar-refractivity contribution in [2.75, 3.05) is 5.73 Å². The van der Waals surface area contributed by atoms with Gasteiger partial charge in [-0.15, -0.1) is 0 Å². The maximum atomic E-state index is 12.1. The number of anilines is 1. The van der Waals surface area contributed by atoms with E-state index in [-0.39, 0.29) is 5.56 Å². The van der Waals surface area contributed by atoms with Gasteiger partial charge in [-0.1, -0.05) is 23.7 Å². The molecule has 2 heterocycles. The van der Waals surface area contributed by atoms with Crippen molar-refractivity contribution in [3.63, 3.8) is 0 Å². The van der Waals surface area contributed by atoms with E-state index in [0.29, 0.717) is 5.82 Å². The molecule has 0 amide bonds. The first-order valence-electron chi connectivity index (χ1n) is 5.09. The number of rotatable bonds is 1. The zero-order valence-corrected chi connectivity index (χ0v) is 9.65. The summed E-state index contributed by atoms with van der Waals surface area (Å²) in [6.07, 6.45) is 1.60. The third kappa shape index (κ3) is 1.60. The van der Waals surface area contributed by atoms with Gasteiger partial charge in [0.1, 0.15) is 5.82 Å². The molecule has 0 spiro atoms. The lowest BCUT2D eigenvalue weighted by Gasteiger charge is -1.98. The number of fused-ring (bicyclic) bond motifs is 1. The van der Waals surface area contributed by atoms with Crippen molar-refractivity contribution in [1.82, 2.24) is 8.94 Å². The molecule has 3 rings (SSSR count). The number of hydrogen-bond acceptors (Lipinski definition) is 4. The number of nitrogens with zero attached hydrogens (tertiary/aromatic N) is 2. The number of hydrogen-bond donors (Lipinski definition) is 1. The molecule has 0 bridgehead atoms. The largest absolute Gasteiger partial charge is 0.384 e. The molecular weight excluding hydrogens is 234 g/mol. The second kappa shape index (κ2) is 3.71. The molecule has 84 valence electrons. The molecule has 1 aromatic carbocycles. The van der Waals surface area contributed by atoms with E-state index in [2.05, 4.69) is 4.98 Å². The zero-order valence-electron chi connectivity index (χ0n) is 8.83. The normalized spacial score (nSPS) is 10.8. The topological polar surface area (TPSA) is 60.9 Å². The number of pyridine rings is 1. The van der Waals surface area contributed by atoms with Crippen LogP contribution in [0, 0.1) is 0 Å². The minimum absolute atomic E-state index is 0.0165. The van der Waals surface area contributed by atoms with Gasteiger partial charge >= 0.3 is 0 Å². The molecule has 17 heavy (non-hydrogen) atoms. The van der Waals surface area contributed by atoms with Crippen LogP contribution in [0.2, 0.25) is 0 Å². The Balaban J connectivity index is 2.27. The van der Waals surface area contributed by atoms with Crippen LogP contribution in [0.15, 0.2) is 47.4 Å². The van der Waals surface area contributed by atoms with Gasteiger partial charge in [-0.2, -0.15) is 0 Å². The van der Waals surface area contributed by atoms with Crippen LogP contribution < -0.4 is 11.3 Å². The van der Waals surface area contributed by atoms with Gasteiger partial charge in [0, 0.05) is 0 Å². The summed E-state index contributed by atoms with van der Waals surface area (Å²) in [6, 6.07) is 11.0. The minimum atomic E-state index is -0.0165. The van der Waals surface area contributed by atoms with Gasteiger partial charge in [-0.05, 0) is 24.3 Å². The molecule has 0 aliphatic rings. The molecule has 0 aliphatic heterocycles. The van der Waals surface area contributed by atoms with E-state index < -0.39 is 0 Å². The van der Waals surface area contributed by atoms with E-state index in [0.717, 1.165) is 15.8 Å². The highest BCUT2D eigenvalue weighted by Gasteiger charge is 2.08. The fraction of sp³-hybridized carbons (Fsp3) is 0. The fourth-order valence-corrected chi connectivity index (χ4v) is 2.64. The minimum Gasteiger partial charge on any atom is -0.384 e. The van der Waals surface area contributed by atoms with Crippen molar-refractivity contribution in [1.29, 1.82) is 0 Å². The van der Waals surface area contributed by atoms with Crippen molar-refractivity contribution in [3.05, 3.63) is 52.9 Å². The fourth-order valence-electron chi connectivity index (χ4n) is 1.66. The molecule has 0 saturated carbocycles. The Morgan fingerprint density at radius 3 is 2.71 bits per heavy atom. The lowest BCUT2D eigenvalue weighted by Crippen LogP contribution is -2.10. The van der Waals surface area contributed by atoms with Crippen LogP contribution in [0.25, 0.3) is 15.8 Å². The van der Waals surface area contributed by atoms with E-state index in [9.17, 15) is 4.79 Å². The van der Waals surface area contributed by atoms with Crippen LogP contribution in [0.3, 0.4) is 0 Å². The van der Waals surface area contributed by atoms with Gasteiger partial charge in [0.25, 0.3) is 5.56 Å². The van der Waals surface area contributed by atoms with Crippen LogP contribution in [-0.2, 0) is 0 Å². The number of nitrogens with two attached hydrogens (primary N) is 1. The average Bonchev–Trinajstić information content (AvgIpc) is 2.69. The molecule has 0 unspecified atom stereocenters. The van der Waals surface area contributed by atoms with E-state index in [4.69, 9.17) is 5.73 Å². The highest BCUT2D eigenvalue weighted by Crippen LogP contribution is 2.19. The Morgan fingerprint density at radius 1 is 1.18 bits per heavy atom. The molecule has 0 saturated heterocycles. The highest BCUT2D eigenvalue weighted by atomic mass is 32.1. The summed E-state index contributed by atoms with van der Waals surface area (Å²) in [4.78, 5) is 16.1. The average molecular weight is 243 g/mol. The molecule has 5 heteroatoms. The number of nitrogen functional groups attached to an aromatic ring is 1. The smallest absolute Gasteiger partial charge is 0.273 e. The standard InChI is InChI=1S/C12H9N3OS/c13-11-6-5-8(7-14-11)15-12(16)9-3-1-2-4-10(9)17-15/h1-7H,(H2,13,14). The summed E-state index contributed by atoms with van der Waals surface area (Å²) >= 11 is 1.41. The van der Waals surface area contributed by atoms with Crippen LogP contribution in [0.1, 0.15) is 0 Å². The molecule has 0 aliphatic carbocycles. The highest BCUT2D eigenvalue weighted by molar-refractivity contribution is 7.14. The van der Waals surface area contributed by atoms with Gasteiger partial charge in [0.2, 0.25) is 0 Å². The Kier molecular flexibility index (Phi) is 2.19. The van der Waals surface area contributed by atoms with Crippen molar-refractivity contribution in [2.24, 2.45) is 0 Å². The molecule has 0 atom stereocenters. The predicted molar refractivity (Wildman–Crippen MR) is 69.6 cm³/mol. The molecule has 2 aromatic heterocycles. The monoisotopic (exact) mass is 243 g/mol. The first-order chi connectivity index (χ1) is 8.25. The van der Waals surface area contributed by atoms with Gasteiger partial charge in [0.15, 0.2) is 0 Å². The van der Waals surface area contributed by atoms with Gasteiger partial charge in [0.05, 0.1) is 22.0 Å². The third-order valence-electron chi connectivity index (χ3n) is 2.50. The lowest BCUT2D eigenvalue weighted by molar-refractivity contribution is 1.12. The zero-order chi connectivity index (χ0) is 11.8.